The Morgan fingerprint density at radius 3 is 1.03 bits per heavy atom. The minimum absolute atomic E-state index is 0.0694. The highest BCUT2D eigenvalue weighted by Gasteiger charge is 2.03. The van der Waals surface area contributed by atoms with Gasteiger partial charge in [-0.3, -0.25) is 14.4 Å². The third kappa shape index (κ3) is 40.2. The van der Waals surface area contributed by atoms with Crippen molar-refractivity contribution in [3.8, 4) is 0 Å². The third-order valence-corrected chi connectivity index (χ3v) is 5.69. The molecule has 0 rings (SSSR count). The maximum absolute atomic E-state index is 10.2. The topological polar surface area (TPSA) is 191 Å². The first-order valence-corrected chi connectivity index (χ1v) is 14.8. The van der Waals surface area contributed by atoms with Crippen LogP contribution in [0.2, 0.25) is 0 Å². The maximum atomic E-state index is 10.2. The molecule has 0 aliphatic carbocycles. The standard InChI is InChI=1S/C12H26O4S.2C6H15NO3/c1-2-3-4-5-6-7-8-9-10-11-12-16-17(13,14)15;2*8-4-1-7(2-5-9)3-6-10/h2-12H2,1H3,(H,13,14,15);2*8-10H,1-6H2. The van der Waals surface area contributed by atoms with Crippen LogP contribution in [0.25, 0.3) is 0 Å². The molecule has 12 nitrogen and oxygen atoms in total. The molecule has 0 aromatic carbocycles. The predicted octanol–water partition coefficient (Wildman–Crippen LogP) is 0.257. The zero-order valence-electron chi connectivity index (χ0n) is 22.9. The van der Waals surface area contributed by atoms with Crippen LogP contribution in [0.4, 0.5) is 0 Å². The molecule has 0 bridgehead atoms. The summed E-state index contributed by atoms with van der Waals surface area (Å²) in [5, 5.41) is 50.9. The number of hydrogen-bond acceptors (Lipinski definition) is 11. The lowest BCUT2D eigenvalue weighted by Gasteiger charge is -2.17. The fraction of sp³-hybridized carbons (Fsp3) is 1.00. The summed E-state index contributed by atoms with van der Waals surface area (Å²) in [4.78, 5) is 3.58. The van der Waals surface area contributed by atoms with Crippen LogP contribution in [0.15, 0.2) is 0 Å². The Kier molecular flexibility index (Phi) is 37.2. The van der Waals surface area contributed by atoms with Gasteiger partial charge in [0.1, 0.15) is 0 Å². The van der Waals surface area contributed by atoms with Gasteiger partial charge in [-0.2, -0.15) is 8.42 Å². The molecule has 0 saturated heterocycles. The number of rotatable bonds is 24. The SMILES string of the molecule is CCCCCCCCCCCCOS(=O)(=O)O.OCCN(CCO)CCO.OCCN(CCO)CCO. The van der Waals surface area contributed by atoms with Gasteiger partial charge in [0.2, 0.25) is 0 Å². The summed E-state index contributed by atoms with van der Waals surface area (Å²) in [7, 11) is -4.23. The first-order chi connectivity index (χ1) is 17.8. The van der Waals surface area contributed by atoms with Crippen LogP contribution in [0.5, 0.6) is 0 Å². The van der Waals surface area contributed by atoms with Gasteiger partial charge in [-0.15, -0.1) is 0 Å². The Balaban J connectivity index is -0.000000499. The number of aliphatic hydroxyl groups is 6. The van der Waals surface area contributed by atoms with Crippen LogP contribution in [-0.2, 0) is 14.6 Å². The molecule has 7 N–H and O–H groups in total. The number of hydrogen-bond donors (Lipinski definition) is 7. The lowest BCUT2D eigenvalue weighted by Crippen LogP contribution is -2.32. The van der Waals surface area contributed by atoms with E-state index in [9.17, 15) is 8.42 Å². The number of unbranched alkanes of at least 4 members (excludes halogenated alkanes) is 9. The lowest BCUT2D eigenvalue weighted by atomic mass is 10.1. The highest BCUT2D eigenvalue weighted by molar-refractivity contribution is 7.80. The van der Waals surface area contributed by atoms with E-state index in [0.29, 0.717) is 45.7 Å². The number of aliphatic hydroxyl groups excluding tert-OH is 6. The van der Waals surface area contributed by atoms with Gasteiger partial charge in [-0.25, -0.2) is 4.18 Å². The summed E-state index contributed by atoms with van der Waals surface area (Å²) in [5.74, 6) is 0. The first kappa shape index (κ1) is 41.0. The fourth-order valence-corrected chi connectivity index (χ4v) is 3.60. The van der Waals surface area contributed by atoms with Gasteiger partial charge >= 0.3 is 10.4 Å². The minimum atomic E-state index is -4.23. The van der Waals surface area contributed by atoms with Gasteiger partial charge in [0, 0.05) is 39.3 Å². The zero-order valence-corrected chi connectivity index (χ0v) is 23.7. The van der Waals surface area contributed by atoms with Crippen LogP contribution in [0.3, 0.4) is 0 Å². The van der Waals surface area contributed by atoms with E-state index in [4.69, 9.17) is 35.2 Å². The van der Waals surface area contributed by atoms with Crippen molar-refractivity contribution in [1.29, 1.82) is 0 Å². The van der Waals surface area contributed by atoms with Crippen LogP contribution in [-0.4, -0.2) is 139 Å². The molecule has 0 atom stereocenters. The molecular formula is C24H56N2O10S. The summed E-state index contributed by atoms with van der Waals surface area (Å²) in [6.45, 7) is 5.82. The second-order valence-electron chi connectivity index (χ2n) is 8.46. The highest BCUT2D eigenvalue weighted by atomic mass is 32.3. The minimum Gasteiger partial charge on any atom is -0.395 e. The first-order valence-electron chi connectivity index (χ1n) is 13.5. The van der Waals surface area contributed by atoms with Crippen LogP contribution in [0.1, 0.15) is 71.1 Å². The van der Waals surface area contributed by atoms with Crippen LogP contribution >= 0.6 is 0 Å². The van der Waals surface area contributed by atoms with Crippen molar-refractivity contribution >= 4 is 10.4 Å². The van der Waals surface area contributed by atoms with E-state index in [1.807, 2.05) is 0 Å². The normalized spacial score (nSPS) is 11.3. The van der Waals surface area contributed by atoms with Crippen molar-refractivity contribution in [2.24, 2.45) is 0 Å². The summed E-state index contributed by atoms with van der Waals surface area (Å²) in [6, 6.07) is 0. The maximum Gasteiger partial charge on any atom is 0.397 e. The number of nitrogens with zero attached hydrogens (tertiary/aromatic N) is 2. The molecule has 0 heterocycles. The molecule has 0 saturated carbocycles. The van der Waals surface area contributed by atoms with Gasteiger partial charge in [0.15, 0.2) is 0 Å². The van der Waals surface area contributed by atoms with E-state index in [1.165, 1.54) is 44.9 Å². The molecule has 0 aliphatic heterocycles. The van der Waals surface area contributed by atoms with E-state index < -0.39 is 10.4 Å². The molecule has 0 fully saturated rings. The second-order valence-corrected chi connectivity index (χ2v) is 9.55. The largest absolute Gasteiger partial charge is 0.397 e. The van der Waals surface area contributed by atoms with Crippen molar-refractivity contribution < 1.29 is 47.8 Å². The van der Waals surface area contributed by atoms with Crippen molar-refractivity contribution in [3.63, 3.8) is 0 Å². The monoisotopic (exact) mass is 564 g/mol. The van der Waals surface area contributed by atoms with Gasteiger partial charge < -0.3 is 30.6 Å². The van der Waals surface area contributed by atoms with Crippen LogP contribution in [0, 0.1) is 0 Å². The average molecular weight is 565 g/mol. The molecule has 0 radical (unpaired) electrons. The predicted molar refractivity (Wildman–Crippen MR) is 145 cm³/mol. The third-order valence-electron chi connectivity index (χ3n) is 5.23. The summed E-state index contributed by atoms with van der Waals surface area (Å²) >= 11 is 0. The Hall–Kier alpha value is -0.450. The second kappa shape index (κ2) is 33.6. The molecular weight excluding hydrogens is 508 g/mol. The Bertz CT molecular complexity index is 469. The van der Waals surface area contributed by atoms with Crippen LogP contribution < -0.4 is 0 Å². The summed E-state index contributed by atoms with van der Waals surface area (Å²) in [6.07, 6.45) is 11.9. The van der Waals surface area contributed by atoms with Gasteiger partial charge in [0.05, 0.1) is 46.2 Å². The summed E-state index contributed by atoms with van der Waals surface area (Å²) in [5.41, 5.74) is 0. The van der Waals surface area contributed by atoms with Gasteiger partial charge in [0.25, 0.3) is 0 Å². The quantitative estimate of drug-likeness (QED) is 0.0626. The zero-order chi connectivity index (χ0) is 28.6. The van der Waals surface area contributed by atoms with Crippen molar-refractivity contribution in [2.75, 3.05) is 85.5 Å². The van der Waals surface area contributed by atoms with Gasteiger partial charge in [-0.05, 0) is 6.42 Å². The van der Waals surface area contributed by atoms with E-state index in [1.54, 1.807) is 9.80 Å². The van der Waals surface area contributed by atoms with E-state index in [-0.39, 0.29) is 46.2 Å². The van der Waals surface area contributed by atoms with E-state index >= 15 is 0 Å². The Labute approximate surface area is 224 Å². The van der Waals surface area contributed by atoms with E-state index in [2.05, 4.69) is 11.1 Å². The lowest BCUT2D eigenvalue weighted by molar-refractivity contribution is 0.136. The fourth-order valence-electron chi connectivity index (χ4n) is 3.27. The molecule has 0 amide bonds. The highest BCUT2D eigenvalue weighted by Crippen LogP contribution is 2.10. The van der Waals surface area contributed by atoms with Crippen molar-refractivity contribution in [2.45, 2.75) is 71.1 Å². The molecule has 0 spiro atoms. The molecule has 37 heavy (non-hydrogen) atoms. The van der Waals surface area contributed by atoms with Crippen molar-refractivity contribution in [3.05, 3.63) is 0 Å². The van der Waals surface area contributed by atoms with Gasteiger partial charge in [-0.1, -0.05) is 64.7 Å². The molecule has 0 unspecified atom stereocenters. The Morgan fingerprint density at radius 1 is 0.514 bits per heavy atom. The molecule has 0 aromatic heterocycles. The van der Waals surface area contributed by atoms with Crippen molar-refractivity contribution in [1.82, 2.24) is 9.80 Å². The molecule has 13 heteroatoms. The molecule has 0 aliphatic rings. The average Bonchev–Trinajstić information content (AvgIpc) is 2.84. The molecule has 0 aromatic rings. The summed E-state index contributed by atoms with van der Waals surface area (Å²) < 4.78 is 33.0. The molecule has 228 valence electrons. The van der Waals surface area contributed by atoms with E-state index in [0.717, 1.165) is 12.8 Å². The Morgan fingerprint density at radius 2 is 0.784 bits per heavy atom. The smallest absolute Gasteiger partial charge is 0.395 e.